The number of aromatic nitrogens is 1. The molecule has 3 nitrogen and oxygen atoms in total. The van der Waals surface area contributed by atoms with Gasteiger partial charge in [0.05, 0.1) is 24.7 Å². The summed E-state index contributed by atoms with van der Waals surface area (Å²) in [7, 11) is 0. The SMILES string of the molecule is CCOc1cncc(NCC(C)C)c1. The molecule has 0 bridgehead atoms. The summed E-state index contributed by atoms with van der Waals surface area (Å²) in [4.78, 5) is 4.09. The van der Waals surface area contributed by atoms with Gasteiger partial charge in [0, 0.05) is 12.6 Å². The minimum atomic E-state index is 0.630. The molecule has 0 atom stereocenters. The van der Waals surface area contributed by atoms with Gasteiger partial charge < -0.3 is 10.1 Å². The third-order valence-electron chi connectivity index (χ3n) is 1.74. The molecule has 0 spiro atoms. The van der Waals surface area contributed by atoms with E-state index in [0.29, 0.717) is 12.5 Å². The standard InChI is InChI=1S/C11H18N2O/c1-4-14-11-5-10(7-12-8-11)13-6-9(2)3/h5,7-9,13H,4,6H2,1-3H3. The molecule has 1 aromatic heterocycles. The fourth-order valence-electron chi connectivity index (χ4n) is 1.08. The van der Waals surface area contributed by atoms with Crippen LogP contribution in [0.15, 0.2) is 18.5 Å². The Labute approximate surface area is 85.5 Å². The molecule has 1 rings (SSSR count). The zero-order chi connectivity index (χ0) is 10.4. The highest BCUT2D eigenvalue weighted by Crippen LogP contribution is 2.15. The Morgan fingerprint density at radius 3 is 2.86 bits per heavy atom. The molecule has 0 fully saturated rings. The fraction of sp³-hybridized carbons (Fsp3) is 0.545. The third-order valence-corrected chi connectivity index (χ3v) is 1.74. The number of rotatable bonds is 5. The lowest BCUT2D eigenvalue weighted by Crippen LogP contribution is -2.08. The number of pyridine rings is 1. The molecule has 0 amide bonds. The van der Waals surface area contributed by atoms with Crippen LogP contribution in [-0.2, 0) is 0 Å². The summed E-state index contributed by atoms with van der Waals surface area (Å²) < 4.78 is 5.35. The molecular formula is C11H18N2O. The van der Waals surface area contributed by atoms with Crippen molar-refractivity contribution in [2.45, 2.75) is 20.8 Å². The maximum atomic E-state index is 5.35. The number of nitrogens with zero attached hydrogens (tertiary/aromatic N) is 1. The largest absolute Gasteiger partial charge is 0.492 e. The van der Waals surface area contributed by atoms with Gasteiger partial charge in [0.2, 0.25) is 0 Å². The molecule has 0 aromatic carbocycles. The maximum Gasteiger partial charge on any atom is 0.139 e. The van der Waals surface area contributed by atoms with Gasteiger partial charge in [0.15, 0.2) is 0 Å². The Morgan fingerprint density at radius 2 is 2.21 bits per heavy atom. The first-order valence-corrected chi connectivity index (χ1v) is 5.04. The van der Waals surface area contributed by atoms with Crippen molar-refractivity contribution in [1.82, 2.24) is 4.98 Å². The average Bonchev–Trinajstić information content (AvgIpc) is 2.16. The van der Waals surface area contributed by atoms with E-state index in [2.05, 4.69) is 24.1 Å². The van der Waals surface area contributed by atoms with Crippen molar-refractivity contribution >= 4 is 5.69 Å². The van der Waals surface area contributed by atoms with E-state index in [1.807, 2.05) is 19.2 Å². The van der Waals surface area contributed by atoms with Crippen molar-refractivity contribution in [2.75, 3.05) is 18.5 Å². The van der Waals surface area contributed by atoms with Crippen LogP contribution in [0.25, 0.3) is 0 Å². The van der Waals surface area contributed by atoms with E-state index < -0.39 is 0 Å². The van der Waals surface area contributed by atoms with E-state index in [9.17, 15) is 0 Å². The number of hydrogen-bond acceptors (Lipinski definition) is 3. The third kappa shape index (κ3) is 3.64. The maximum absolute atomic E-state index is 5.35. The van der Waals surface area contributed by atoms with Crippen LogP contribution in [0.2, 0.25) is 0 Å². The van der Waals surface area contributed by atoms with Crippen LogP contribution in [0.4, 0.5) is 5.69 Å². The van der Waals surface area contributed by atoms with E-state index in [1.165, 1.54) is 0 Å². The summed E-state index contributed by atoms with van der Waals surface area (Å²) in [5.74, 6) is 1.45. The molecule has 1 N–H and O–H groups in total. The zero-order valence-corrected chi connectivity index (χ0v) is 9.08. The van der Waals surface area contributed by atoms with Gasteiger partial charge in [-0.15, -0.1) is 0 Å². The summed E-state index contributed by atoms with van der Waals surface area (Å²) in [6.45, 7) is 7.94. The molecule has 78 valence electrons. The molecule has 0 aliphatic heterocycles. The van der Waals surface area contributed by atoms with Crippen molar-refractivity contribution in [3.8, 4) is 5.75 Å². The van der Waals surface area contributed by atoms with Gasteiger partial charge in [-0.1, -0.05) is 13.8 Å². The normalized spacial score (nSPS) is 10.3. The van der Waals surface area contributed by atoms with E-state index in [0.717, 1.165) is 18.0 Å². The van der Waals surface area contributed by atoms with Crippen LogP contribution >= 0.6 is 0 Å². The van der Waals surface area contributed by atoms with E-state index in [4.69, 9.17) is 4.74 Å². The highest BCUT2D eigenvalue weighted by Gasteiger charge is 1.97. The quantitative estimate of drug-likeness (QED) is 0.782. The molecule has 0 aliphatic rings. The summed E-state index contributed by atoms with van der Waals surface area (Å²) in [6.07, 6.45) is 3.54. The molecule has 14 heavy (non-hydrogen) atoms. The fourth-order valence-corrected chi connectivity index (χ4v) is 1.08. The van der Waals surface area contributed by atoms with Gasteiger partial charge >= 0.3 is 0 Å². The van der Waals surface area contributed by atoms with Gasteiger partial charge in [-0.05, 0) is 12.8 Å². The molecule has 0 saturated heterocycles. The van der Waals surface area contributed by atoms with E-state index >= 15 is 0 Å². The average molecular weight is 194 g/mol. The lowest BCUT2D eigenvalue weighted by Gasteiger charge is -2.09. The van der Waals surface area contributed by atoms with Crippen molar-refractivity contribution in [3.63, 3.8) is 0 Å². The summed E-state index contributed by atoms with van der Waals surface area (Å²) in [5, 5.41) is 3.30. The molecule has 0 aliphatic carbocycles. The lowest BCUT2D eigenvalue weighted by molar-refractivity contribution is 0.339. The number of hydrogen-bond donors (Lipinski definition) is 1. The summed E-state index contributed by atoms with van der Waals surface area (Å²) in [6, 6.07) is 1.97. The van der Waals surface area contributed by atoms with Crippen LogP contribution in [-0.4, -0.2) is 18.1 Å². The zero-order valence-electron chi connectivity index (χ0n) is 9.08. The Hall–Kier alpha value is -1.25. The second-order valence-electron chi connectivity index (χ2n) is 3.62. The summed E-state index contributed by atoms with van der Waals surface area (Å²) in [5.41, 5.74) is 1.02. The van der Waals surface area contributed by atoms with Crippen LogP contribution < -0.4 is 10.1 Å². The number of nitrogens with one attached hydrogen (secondary N) is 1. The van der Waals surface area contributed by atoms with Crippen molar-refractivity contribution < 1.29 is 4.74 Å². The predicted octanol–water partition coefficient (Wildman–Crippen LogP) is 2.55. The monoisotopic (exact) mass is 194 g/mol. The highest BCUT2D eigenvalue weighted by molar-refractivity contribution is 5.45. The van der Waals surface area contributed by atoms with Crippen LogP contribution in [0.3, 0.4) is 0 Å². The van der Waals surface area contributed by atoms with E-state index in [1.54, 1.807) is 6.20 Å². The van der Waals surface area contributed by atoms with Gasteiger partial charge in [-0.3, -0.25) is 4.98 Å². The molecule has 1 heterocycles. The molecule has 0 unspecified atom stereocenters. The Kier molecular flexibility index (Phi) is 4.23. The van der Waals surface area contributed by atoms with Crippen LogP contribution in [0.5, 0.6) is 5.75 Å². The second kappa shape index (κ2) is 5.47. The highest BCUT2D eigenvalue weighted by atomic mass is 16.5. The van der Waals surface area contributed by atoms with Gasteiger partial charge in [0.25, 0.3) is 0 Å². The van der Waals surface area contributed by atoms with E-state index in [-0.39, 0.29) is 0 Å². The van der Waals surface area contributed by atoms with Crippen molar-refractivity contribution in [2.24, 2.45) is 5.92 Å². The minimum Gasteiger partial charge on any atom is -0.492 e. The lowest BCUT2D eigenvalue weighted by atomic mass is 10.2. The number of anilines is 1. The molecule has 0 radical (unpaired) electrons. The second-order valence-corrected chi connectivity index (χ2v) is 3.62. The first-order chi connectivity index (χ1) is 6.72. The molecular weight excluding hydrogens is 176 g/mol. The number of ether oxygens (including phenoxy) is 1. The first-order valence-electron chi connectivity index (χ1n) is 5.04. The topological polar surface area (TPSA) is 34.1 Å². The van der Waals surface area contributed by atoms with Crippen LogP contribution in [0, 0.1) is 5.92 Å². The smallest absolute Gasteiger partial charge is 0.139 e. The Balaban J connectivity index is 2.54. The van der Waals surface area contributed by atoms with Gasteiger partial charge in [-0.25, -0.2) is 0 Å². The van der Waals surface area contributed by atoms with Gasteiger partial charge in [-0.2, -0.15) is 0 Å². The van der Waals surface area contributed by atoms with Gasteiger partial charge in [0.1, 0.15) is 5.75 Å². The molecule has 1 aromatic rings. The van der Waals surface area contributed by atoms with Crippen LogP contribution in [0.1, 0.15) is 20.8 Å². The Morgan fingerprint density at radius 1 is 1.43 bits per heavy atom. The predicted molar refractivity (Wildman–Crippen MR) is 58.7 cm³/mol. The van der Waals surface area contributed by atoms with Crippen molar-refractivity contribution in [3.05, 3.63) is 18.5 Å². The molecule has 0 saturated carbocycles. The summed E-state index contributed by atoms with van der Waals surface area (Å²) >= 11 is 0. The van der Waals surface area contributed by atoms with Crippen molar-refractivity contribution in [1.29, 1.82) is 0 Å². The first kappa shape index (κ1) is 10.8. The molecule has 3 heteroatoms. The Bertz CT molecular complexity index is 274. The minimum absolute atomic E-state index is 0.630.